The zero-order chi connectivity index (χ0) is 15.0. The molecule has 0 bridgehead atoms. The van der Waals surface area contributed by atoms with Gasteiger partial charge in [0.2, 0.25) is 5.91 Å². The predicted octanol–water partition coefficient (Wildman–Crippen LogP) is 2.59. The first kappa shape index (κ1) is 13.9. The van der Waals surface area contributed by atoms with Crippen LogP contribution >= 0.6 is 0 Å². The Labute approximate surface area is 125 Å². The number of pyridine rings is 1. The summed E-state index contributed by atoms with van der Waals surface area (Å²) in [5.74, 6) is 1.09. The van der Waals surface area contributed by atoms with Crippen molar-refractivity contribution in [1.29, 1.82) is 0 Å². The van der Waals surface area contributed by atoms with E-state index in [2.05, 4.69) is 27.3 Å². The number of fused-ring (bicyclic) bond motifs is 1. The monoisotopic (exact) mass is 283 g/mol. The molecule has 1 aliphatic heterocycles. The molecule has 2 aromatic rings. The predicted molar refractivity (Wildman–Crippen MR) is 85.3 cm³/mol. The molecule has 110 valence electrons. The zero-order valence-electron chi connectivity index (χ0n) is 12.8. The lowest BCUT2D eigenvalue weighted by Crippen LogP contribution is -2.61. The average Bonchev–Trinajstić information content (AvgIpc) is 2.40. The summed E-state index contributed by atoms with van der Waals surface area (Å²) >= 11 is 0. The van der Waals surface area contributed by atoms with Crippen molar-refractivity contribution in [2.45, 2.75) is 26.8 Å². The molecular formula is C17H21N3O. The fourth-order valence-corrected chi connectivity index (χ4v) is 2.39. The molecule has 1 aliphatic rings. The lowest BCUT2D eigenvalue weighted by Gasteiger charge is -2.41. The van der Waals surface area contributed by atoms with E-state index in [4.69, 9.17) is 0 Å². The Morgan fingerprint density at radius 1 is 1.19 bits per heavy atom. The Balaban J connectivity index is 1.64. The first-order valence-electron chi connectivity index (χ1n) is 7.35. The molecule has 1 fully saturated rings. The van der Waals surface area contributed by atoms with Gasteiger partial charge in [-0.3, -0.25) is 4.79 Å². The molecule has 0 saturated carbocycles. The molecule has 1 saturated heterocycles. The molecule has 4 nitrogen and oxygen atoms in total. The first-order chi connectivity index (χ1) is 9.93. The molecule has 4 heteroatoms. The highest BCUT2D eigenvalue weighted by atomic mass is 16.2. The molecule has 1 aromatic heterocycles. The Bertz CT molecular complexity index is 669. The fraction of sp³-hybridized carbons (Fsp3) is 0.412. The number of para-hydroxylation sites is 1. The van der Waals surface area contributed by atoms with Crippen LogP contribution in [0.4, 0.5) is 5.82 Å². The molecule has 0 unspecified atom stereocenters. The standard InChI is InChI=1S/C17H21N3O/c1-17(2,3)16(21)18-13-10-20(11-13)15-9-8-12-6-4-5-7-14(12)19-15/h4-9,13H,10-11H2,1-3H3,(H,18,21). The van der Waals surface area contributed by atoms with E-state index in [0.717, 1.165) is 29.8 Å². The fourth-order valence-electron chi connectivity index (χ4n) is 2.39. The number of hydrogen-bond donors (Lipinski definition) is 1. The maximum Gasteiger partial charge on any atom is 0.225 e. The number of amides is 1. The highest BCUT2D eigenvalue weighted by molar-refractivity contribution is 5.82. The number of anilines is 1. The molecule has 0 atom stereocenters. The number of nitrogens with zero attached hydrogens (tertiary/aromatic N) is 2. The van der Waals surface area contributed by atoms with Gasteiger partial charge >= 0.3 is 0 Å². The number of benzene rings is 1. The minimum Gasteiger partial charge on any atom is -0.352 e. The van der Waals surface area contributed by atoms with Gasteiger partial charge in [-0.05, 0) is 18.2 Å². The highest BCUT2D eigenvalue weighted by Gasteiger charge is 2.32. The summed E-state index contributed by atoms with van der Waals surface area (Å²) in [5.41, 5.74) is 0.680. The summed E-state index contributed by atoms with van der Waals surface area (Å²) in [7, 11) is 0. The van der Waals surface area contributed by atoms with E-state index in [1.807, 2.05) is 45.0 Å². The largest absolute Gasteiger partial charge is 0.352 e. The Hall–Kier alpha value is -2.10. The van der Waals surface area contributed by atoms with Crippen molar-refractivity contribution in [3.05, 3.63) is 36.4 Å². The number of rotatable bonds is 2. The summed E-state index contributed by atoms with van der Waals surface area (Å²) < 4.78 is 0. The van der Waals surface area contributed by atoms with Crippen LogP contribution in [-0.2, 0) is 4.79 Å². The summed E-state index contributed by atoms with van der Waals surface area (Å²) in [6.45, 7) is 7.46. The van der Waals surface area contributed by atoms with Crippen molar-refractivity contribution in [2.24, 2.45) is 5.41 Å². The van der Waals surface area contributed by atoms with E-state index in [9.17, 15) is 4.79 Å². The number of carbonyl (C=O) groups excluding carboxylic acids is 1. The van der Waals surface area contributed by atoms with Crippen molar-refractivity contribution in [1.82, 2.24) is 10.3 Å². The van der Waals surface area contributed by atoms with Crippen LogP contribution in [0, 0.1) is 5.41 Å². The van der Waals surface area contributed by atoms with Gasteiger partial charge in [0.25, 0.3) is 0 Å². The third kappa shape index (κ3) is 2.84. The van der Waals surface area contributed by atoms with E-state index < -0.39 is 0 Å². The Morgan fingerprint density at radius 2 is 1.90 bits per heavy atom. The zero-order valence-corrected chi connectivity index (χ0v) is 12.8. The van der Waals surface area contributed by atoms with Gasteiger partial charge in [-0.2, -0.15) is 0 Å². The van der Waals surface area contributed by atoms with Gasteiger partial charge in [0.05, 0.1) is 11.6 Å². The maximum atomic E-state index is 11.9. The van der Waals surface area contributed by atoms with Gasteiger partial charge in [0.1, 0.15) is 5.82 Å². The van der Waals surface area contributed by atoms with Crippen molar-refractivity contribution in [3.63, 3.8) is 0 Å². The third-order valence-corrected chi connectivity index (χ3v) is 3.81. The molecule has 2 heterocycles. The van der Waals surface area contributed by atoms with Crippen molar-refractivity contribution in [3.8, 4) is 0 Å². The van der Waals surface area contributed by atoms with Crippen LogP contribution in [0.3, 0.4) is 0 Å². The van der Waals surface area contributed by atoms with E-state index in [0.29, 0.717) is 0 Å². The second-order valence-corrected chi connectivity index (χ2v) is 6.69. The lowest BCUT2D eigenvalue weighted by molar-refractivity contribution is -0.129. The molecule has 0 aliphatic carbocycles. The summed E-state index contributed by atoms with van der Waals surface area (Å²) in [6, 6.07) is 12.5. The van der Waals surface area contributed by atoms with E-state index in [1.165, 1.54) is 0 Å². The van der Waals surface area contributed by atoms with E-state index in [-0.39, 0.29) is 17.4 Å². The SMILES string of the molecule is CC(C)(C)C(=O)NC1CN(c2ccc3ccccc3n2)C1. The highest BCUT2D eigenvalue weighted by Crippen LogP contribution is 2.23. The van der Waals surface area contributed by atoms with Gasteiger partial charge in [-0.15, -0.1) is 0 Å². The van der Waals surface area contributed by atoms with Crippen LogP contribution in [0.15, 0.2) is 36.4 Å². The number of hydrogen-bond acceptors (Lipinski definition) is 3. The molecule has 1 aromatic carbocycles. The summed E-state index contributed by atoms with van der Waals surface area (Å²) in [6.07, 6.45) is 0. The lowest BCUT2D eigenvalue weighted by atomic mass is 9.94. The van der Waals surface area contributed by atoms with Crippen LogP contribution in [0.1, 0.15) is 20.8 Å². The van der Waals surface area contributed by atoms with E-state index in [1.54, 1.807) is 0 Å². The summed E-state index contributed by atoms with van der Waals surface area (Å²) in [4.78, 5) is 18.8. The number of aromatic nitrogens is 1. The first-order valence-corrected chi connectivity index (χ1v) is 7.35. The topological polar surface area (TPSA) is 45.2 Å². The van der Waals surface area contributed by atoms with Crippen LogP contribution < -0.4 is 10.2 Å². The second-order valence-electron chi connectivity index (χ2n) is 6.69. The minimum absolute atomic E-state index is 0.110. The van der Waals surface area contributed by atoms with Crippen molar-refractivity contribution in [2.75, 3.05) is 18.0 Å². The maximum absolute atomic E-state index is 11.9. The average molecular weight is 283 g/mol. The molecule has 1 N–H and O–H groups in total. The van der Waals surface area contributed by atoms with Crippen LogP contribution in [0.25, 0.3) is 10.9 Å². The van der Waals surface area contributed by atoms with Gasteiger partial charge in [-0.1, -0.05) is 39.0 Å². The minimum atomic E-state index is -0.332. The van der Waals surface area contributed by atoms with Crippen LogP contribution in [-0.4, -0.2) is 30.0 Å². The third-order valence-electron chi connectivity index (χ3n) is 3.81. The van der Waals surface area contributed by atoms with Crippen LogP contribution in [0.2, 0.25) is 0 Å². The van der Waals surface area contributed by atoms with Gasteiger partial charge in [0.15, 0.2) is 0 Å². The van der Waals surface area contributed by atoms with Gasteiger partial charge in [0, 0.05) is 23.9 Å². The smallest absolute Gasteiger partial charge is 0.225 e. The molecule has 3 rings (SSSR count). The summed E-state index contributed by atoms with van der Waals surface area (Å²) in [5, 5.41) is 4.24. The van der Waals surface area contributed by atoms with E-state index >= 15 is 0 Å². The number of nitrogens with one attached hydrogen (secondary N) is 1. The van der Waals surface area contributed by atoms with Gasteiger partial charge < -0.3 is 10.2 Å². The Kier molecular flexibility index (Phi) is 3.32. The number of carbonyl (C=O) groups is 1. The van der Waals surface area contributed by atoms with Crippen LogP contribution in [0.5, 0.6) is 0 Å². The molecule has 21 heavy (non-hydrogen) atoms. The molecule has 0 radical (unpaired) electrons. The normalized spacial score (nSPS) is 15.9. The Morgan fingerprint density at radius 3 is 2.62 bits per heavy atom. The molecular weight excluding hydrogens is 262 g/mol. The quantitative estimate of drug-likeness (QED) is 0.921. The van der Waals surface area contributed by atoms with Crippen molar-refractivity contribution >= 4 is 22.6 Å². The second kappa shape index (κ2) is 5.02. The molecule has 0 spiro atoms. The van der Waals surface area contributed by atoms with Crippen molar-refractivity contribution < 1.29 is 4.79 Å². The van der Waals surface area contributed by atoms with Gasteiger partial charge in [-0.25, -0.2) is 4.98 Å². The molecule has 1 amide bonds.